The highest BCUT2D eigenvalue weighted by atomic mass is 16.3. The average molecular weight is 633 g/mol. The molecule has 0 aliphatic carbocycles. The molecular weight excluding hydrogens is 576 g/mol. The molecule has 0 aromatic heterocycles. The van der Waals surface area contributed by atoms with Gasteiger partial charge in [0.25, 0.3) is 5.91 Å². The van der Waals surface area contributed by atoms with Gasteiger partial charge in [0.15, 0.2) is 17.6 Å². The number of hydrogen-bond donors (Lipinski definition) is 6. The second kappa shape index (κ2) is 17.5. The molecule has 1 aromatic rings. The number of aldehydes is 1. The van der Waals surface area contributed by atoms with Gasteiger partial charge < -0.3 is 38.2 Å². The Kier molecular flexibility index (Phi) is 15.5. The predicted octanol–water partition coefficient (Wildman–Crippen LogP) is 1.30. The molecule has 12 heteroatoms. The van der Waals surface area contributed by atoms with Gasteiger partial charge >= 0.3 is 0 Å². The number of nitrogens with zero attached hydrogens (tertiary/aromatic N) is 1. The van der Waals surface area contributed by atoms with Crippen LogP contribution in [0.4, 0.5) is 5.69 Å². The number of nitrogens with two attached hydrogens (primary N) is 4. The fraction of sp³-hybridized carbons (Fsp3) is 0.667. The summed E-state index contributed by atoms with van der Waals surface area (Å²) in [6.07, 6.45) is -1.08. The number of carbonyl (C=O) groups is 5. The van der Waals surface area contributed by atoms with Gasteiger partial charge in [0, 0.05) is 5.69 Å². The number of rotatable bonds is 18. The van der Waals surface area contributed by atoms with Gasteiger partial charge in [-0.1, -0.05) is 67.5 Å². The maximum Gasteiger partial charge on any atom is 0.253 e. The maximum absolute atomic E-state index is 14.6. The van der Waals surface area contributed by atoms with Crippen LogP contribution in [0.2, 0.25) is 0 Å². The molecule has 0 saturated carbocycles. The van der Waals surface area contributed by atoms with Gasteiger partial charge in [-0.15, -0.1) is 0 Å². The first-order valence-electron chi connectivity index (χ1n) is 15.8. The first kappa shape index (κ1) is 39.8. The lowest BCUT2D eigenvalue weighted by Gasteiger charge is -2.43. The van der Waals surface area contributed by atoms with Gasteiger partial charge in [-0.05, 0) is 67.1 Å². The van der Waals surface area contributed by atoms with E-state index in [9.17, 15) is 29.1 Å². The molecule has 0 unspecified atom stereocenters. The summed E-state index contributed by atoms with van der Waals surface area (Å²) in [6, 6.07) is 1.40. The topological polar surface area (TPSA) is 225 Å². The van der Waals surface area contributed by atoms with Crippen molar-refractivity contribution in [3.8, 4) is 0 Å². The molecule has 0 bridgehead atoms. The number of amides is 3. The number of anilines is 1. The first-order valence-corrected chi connectivity index (χ1v) is 15.8. The van der Waals surface area contributed by atoms with E-state index in [1.807, 2.05) is 27.7 Å². The molecule has 0 saturated heterocycles. The lowest BCUT2D eigenvalue weighted by molar-refractivity contribution is -0.164. The van der Waals surface area contributed by atoms with Crippen molar-refractivity contribution >= 4 is 35.5 Å². The van der Waals surface area contributed by atoms with E-state index >= 15 is 0 Å². The van der Waals surface area contributed by atoms with Crippen molar-refractivity contribution in [2.75, 3.05) is 5.73 Å². The second-order valence-corrected chi connectivity index (χ2v) is 13.8. The molecule has 10 N–H and O–H groups in total. The number of hydrogen-bond acceptors (Lipinski definition) is 10. The number of ketones is 1. The first-order chi connectivity index (χ1) is 20.8. The third-order valence-electron chi connectivity index (χ3n) is 7.64. The normalized spacial score (nSPS) is 16.5. The smallest absolute Gasteiger partial charge is 0.253 e. The SMILES string of the molecule is CC(C)C[C@@H](N)C(=O)N[C@@H](CC(C)C)C(=O)N(C(=O)[C@@H](N)Cc1cccc(N)c1)[C@](C=O)(CC(C)C)C(=O)[C@@H](N)[C@H](O)C(C)C. The third kappa shape index (κ3) is 11.0. The van der Waals surface area contributed by atoms with Gasteiger partial charge in [-0.3, -0.25) is 24.1 Å². The molecule has 6 atom stereocenters. The van der Waals surface area contributed by atoms with E-state index in [1.165, 1.54) is 0 Å². The van der Waals surface area contributed by atoms with Crippen molar-refractivity contribution in [3.05, 3.63) is 29.8 Å². The summed E-state index contributed by atoms with van der Waals surface area (Å²) in [7, 11) is 0. The number of Topliss-reactive ketones (excluding diaryl/α,β-unsaturated/α-hetero) is 1. The molecule has 1 aromatic carbocycles. The molecule has 0 aliphatic heterocycles. The Morgan fingerprint density at radius 1 is 0.889 bits per heavy atom. The summed E-state index contributed by atoms with van der Waals surface area (Å²) in [4.78, 5) is 70.1. The zero-order valence-electron chi connectivity index (χ0n) is 28.2. The van der Waals surface area contributed by atoms with Gasteiger partial charge in [0.05, 0.1) is 24.2 Å². The van der Waals surface area contributed by atoms with Gasteiger partial charge in [-0.2, -0.15) is 0 Å². The van der Waals surface area contributed by atoms with Crippen LogP contribution in [0.5, 0.6) is 0 Å². The number of benzene rings is 1. The Hall–Kier alpha value is -3.19. The highest BCUT2D eigenvalue weighted by Crippen LogP contribution is 2.30. The summed E-state index contributed by atoms with van der Waals surface area (Å²) in [5.74, 6) is -4.56. The van der Waals surface area contributed by atoms with Gasteiger partial charge in [-0.25, -0.2) is 0 Å². The number of nitrogens with one attached hydrogen (secondary N) is 1. The Labute approximate surface area is 268 Å². The molecule has 1 rings (SSSR count). The molecule has 254 valence electrons. The number of carbonyl (C=O) groups excluding carboxylic acids is 5. The van der Waals surface area contributed by atoms with E-state index in [2.05, 4.69) is 5.32 Å². The number of imide groups is 1. The molecule has 0 aliphatic rings. The van der Waals surface area contributed by atoms with Crippen molar-refractivity contribution in [1.29, 1.82) is 0 Å². The van der Waals surface area contributed by atoms with Crippen molar-refractivity contribution in [1.82, 2.24) is 10.2 Å². The minimum atomic E-state index is -2.43. The van der Waals surface area contributed by atoms with E-state index in [4.69, 9.17) is 22.9 Å². The van der Waals surface area contributed by atoms with Crippen molar-refractivity contribution < 1.29 is 29.1 Å². The second-order valence-electron chi connectivity index (χ2n) is 13.8. The van der Waals surface area contributed by atoms with Crippen molar-refractivity contribution in [3.63, 3.8) is 0 Å². The van der Waals surface area contributed by atoms with E-state index in [0.717, 1.165) is 0 Å². The van der Waals surface area contributed by atoms with Crippen LogP contribution in [-0.2, 0) is 30.4 Å². The summed E-state index contributed by atoms with van der Waals surface area (Å²) < 4.78 is 0. The summed E-state index contributed by atoms with van der Waals surface area (Å²) >= 11 is 0. The minimum Gasteiger partial charge on any atom is -0.399 e. The highest BCUT2D eigenvalue weighted by Gasteiger charge is 2.54. The van der Waals surface area contributed by atoms with E-state index in [-0.39, 0.29) is 37.4 Å². The van der Waals surface area contributed by atoms with Gasteiger partial charge in [0.2, 0.25) is 11.8 Å². The lowest BCUT2D eigenvalue weighted by Crippen LogP contribution is -2.70. The van der Waals surface area contributed by atoms with Crippen LogP contribution in [0.3, 0.4) is 0 Å². The Balaban J connectivity index is 3.91. The van der Waals surface area contributed by atoms with Gasteiger partial charge in [0.1, 0.15) is 6.04 Å². The average Bonchev–Trinajstić information content (AvgIpc) is 2.93. The van der Waals surface area contributed by atoms with Crippen molar-refractivity contribution in [2.24, 2.45) is 40.9 Å². The highest BCUT2D eigenvalue weighted by molar-refractivity contribution is 6.15. The quantitative estimate of drug-likeness (QED) is 0.0772. The van der Waals surface area contributed by atoms with E-state index in [1.54, 1.807) is 52.0 Å². The summed E-state index contributed by atoms with van der Waals surface area (Å²) in [5.41, 5.74) is 23.3. The largest absolute Gasteiger partial charge is 0.399 e. The lowest BCUT2D eigenvalue weighted by atomic mass is 9.78. The van der Waals surface area contributed by atoms with E-state index in [0.29, 0.717) is 22.6 Å². The zero-order chi connectivity index (χ0) is 34.8. The molecule has 0 spiro atoms. The van der Waals surface area contributed by atoms with Crippen LogP contribution >= 0.6 is 0 Å². The molecule has 0 radical (unpaired) electrons. The monoisotopic (exact) mass is 632 g/mol. The summed E-state index contributed by atoms with van der Waals surface area (Å²) in [6.45, 7) is 14.2. The van der Waals surface area contributed by atoms with Crippen LogP contribution < -0.4 is 28.3 Å². The third-order valence-corrected chi connectivity index (χ3v) is 7.64. The Bertz CT molecular complexity index is 1170. The zero-order valence-corrected chi connectivity index (χ0v) is 28.2. The molecule has 0 fully saturated rings. The molecular formula is C33H56N6O6. The fourth-order valence-electron chi connectivity index (χ4n) is 5.41. The predicted molar refractivity (Wildman–Crippen MR) is 175 cm³/mol. The molecule has 45 heavy (non-hydrogen) atoms. The molecule has 3 amide bonds. The standard InChI is InChI=1S/C33H56N6O6/c1-18(2)12-24(35)30(43)38-26(13-19(3)4)32(45)39(31(44)25(36)15-22-10-9-11-23(34)14-22)33(17-40,16-20(5)6)29(42)27(37)28(41)21(7)8/h9-11,14,17-21,24-28,41H,12-13,15-16,34-37H2,1-8H3,(H,38,43)/t24-,25+,26+,27+,28-,33+/m1/s1. The van der Waals surface area contributed by atoms with Crippen LogP contribution in [0.25, 0.3) is 0 Å². The molecule has 0 heterocycles. The van der Waals surface area contributed by atoms with Crippen LogP contribution in [0.15, 0.2) is 24.3 Å². The van der Waals surface area contributed by atoms with Crippen LogP contribution in [0, 0.1) is 23.7 Å². The minimum absolute atomic E-state index is 0.0681. The Morgan fingerprint density at radius 3 is 1.93 bits per heavy atom. The molecule has 12 nitrogen and oxygen atoms in total. The number of aliphatic hydroxyl groups excluding tert-OH is 1. The summed E-state index contributed by atoms with van der Waals surface area (Å²) in [5, 5.41) is 13.4. The number of aliphatic hydroxyl groups is 1. The number of nitrogen functional groups attached to an aromatic ring is 1. The van der Waals surface area contributed by atoms with Crippen molar-refractivity contribution in [2.45, 2.75) is 117 Å². The van der Waals surface area contributed by atoms with Crippen LogP contribution in [-0.4, -0.2) is 75.6 Å². The maximum atomic E-state index is 14.6. The van der Waals surface area contributed by atoms with E-state index < -0.39 is 71.2 Å². The fourth-order valence-corrected chi connectivity index (χ4v) is 5.41. The van der Waals surface area contributed by atoms with Crippen LogP contribution in [0.1, 0.15) is 80.2 Å². The Morgan fingerprint density at radius 2 is 1.47 bits per heavy atom.